The zero-order chi connectivity index (χ0) is 17.2. The molecular formula is C19H19N3O3. The molecule has 1 saturated heterocycles. The molecule has 1 atom stereocenters. The highest BCUT2D eigenvalue weighted by molar-refractivity contribution is 5.97. The largest absolute Gasteiger partial charge is 0.480 e. The van der Waals surface area contributed by atoms with Gasteiger partial charge >= 0.3 is 6.03 Å². The Hall–Kier alpha value is -3.02. The molecule has 0 bridgehead atoms. The number of fused-ring (bicyclic) bond motifs is 1. The topological polar surface area (TPSA) is 70.7 Å². The number of carbonyl (C=O) groups excluding carboxylic acids is 2. The summed E-state index contributed by atoms with van der Waals surface area (Å²) in [5.74, 6) is 0.581. The van der Waals surface area contributed by atoms with Crippen molar-refractivity contribution in [2.75, 3.05) is 23.3 Å². The molecule has 2 aromatic rings. The van der Waals surface area contributed by atoms with Gasteiger partial charge in [0.05, 0.1) is 0 Å². The number of hydrogen-bond donors (Lipinski definition) is 2. The number of nitrogens with one attached hydrogen (secondary N) is 2. The van der Waals surface area contributed by atoms with Gasteiger partial charge in [-0.1, -0.05) is 24.3 Å². The van der Waals surface area contributed by atoms with E-state index in [1.807, 2.05) is 48.5 Å². The predicted molar refractivity (Wildman–Crippen MR) is 95.0 cm³/mol. The van der Waals surface area contributed by atoms with Crippen molar-refractivity contribution in [1.82, 2.24) is 5.32 Å². The van der Waals surface area contributed by atoms with Crippen molar-refractivity contribution in [1.29, 1.82) is 0 Å². The lowest BCUT2D eigenvalue weighted by Gasteiger charge is -2.27. The molecule has 0 aliphatic carbocycles. The molecule has 1 fully saturated rings. The molecule has 25 heavy (non-hydrogen) atoms. The molecule has 3 amide bonds. The minimum Gasteiger partial charge on any atom is -0.480 e. The van der Waals surface area contributed by atoms with E-state index < -0.39 is 6.10 Å². The van der Waals surface area contributed by atoms with Crippen molar-refractivity contribution < 1.29 is 14.3 Å². The summed E-state index contributed by atoms with van der Waals surface area (Å²) < 4.78 is 5.72. The second-order valence-corrected chi connectivity index (χ2v) is 6.20. The summed E-state index contributed by atoms with van der Waals surface area (Å²) in [5.41, 5.74) is 2.47. The van der Waals surface area contributed by atoms with Crippen LogP contribution in [0.3, 0.4) is 0 Å². The van der Waals surface area contributed by atoms with E-state index >= 15 is 0 Å². The van der Waals surface area contributed by atoms with Gasteiger partial charge in [0, 0.05) is 30.9 Å². The smallest absolute Gasteiger partial charge is 0.321 e. The molecule has 2 aromatic carbocycles. The number of urea groups is 1. The van der Waals surface area contributed by atoms with Gasteiger partial charge in [-0.25, -0.2) is 4.79 Å². The molecule has 2 aliphatic heterocycles. The van der Waals surface area contributed by atoms with Crippen LogP contribution in [-0.2, 0) is 11.2 Å². The van der Waals surface area contributed by atoms with Crippen molar-refractivity contribution in [2.24, 2.45) is 0 Å². The first-order valence-corrected chi connectivity index (χ1v) is 8.41. The molecule has 128 valence electrons. The fourth-order valence-electron chi connectivity index (χ4n) is 3.18. The maximum absolute atomic E-state index is 12.5. The number of benzene rings is 2. The van der Waals surface area contributed by atoms with Gasteiger partial charge < -0.3 is 15.4 Å². The van der Waals surface area contributed by atoms with Gasteiger partial charge in [0.2, 0.25) is 0 Å². The van der Waals surface area contributed by atoms with Crippen molar-refractivity contribution in [3.05, 3.63) is 54.1 Å². The quantitative estimate of drug-likeness (QED) is 0.904. The zero-order valence-corrected chi connectivity index (χ0v) is 13.7. The van der Waals surface area contributed by atoms with E-state index in [9.17, 15) is 9.59 Å². The van der Waals surface area contributed by atoms with Crippen molar-refractivity contribution >= 4 is 23.3 Å². The SMILES string of the molecule is O=C(Nc1cccc(N2CCCNC2=O)c1)C1Cc2ccccc2O1. The monoisotopic (exact) mass is 337 g/mol. The molecule has 4 rings (SSSR count). The predicted octanol–water partition coefficient (Wildman–Crippen LogP) is 2.55. The highest BCUT2D eigenvalue weighted by Crippen LogP contribution is 2.29. The van der Waals surface area contributed by atoms with E-state index in [0.717, 1.165) is 23.4 Å². The van der Waals surface area contributed by atoms with Crippen LogP contribution in [0.1, 0.15) is 12.0 Å². The summed E-state index contributed by atoms with van der Waals surface area (Å²) in [6.07, 6.45) is 0.937. The summed E-state index contributed by atoms with van der Waals surface area (Å²) in [6.45, 7) is 1.37. The molecule has 2 heterocycles. The molecule has 6 heteroatoms. The van der Waals surface area contributed by atoms with Crippen LogP contribution in [0.15, 0.2) is 48.5 Å². The molecule has 0 radical (unpaired) electrons. The summed E-state index contributed by atoms with van der Waals surface area (Å²) in [4.78, 5) is 26.2. The lowest BCUT2D eigenvalue weighted by molar-refractivity contribution is -0.122. The molecular weight excluding hydrogens is 318 g/mol. The summed E-state index contributed by atoms with van der Waals surface area (Å²) in [6, 6.07) is 14.9. The van der Waals surface area contributed by atoms with Crippen LogP contribution in [0.5, 0.6) is 5.75 Å². The van der Waals surface area contributed by atoms with Gasteiger partial charge in [-0.05, 0) is 36.2 Å². The summed E-state index contributed by atoms with van der Waals surface area (Å²) in [5, 5.41) is 5.72. The van der Waals surface area contributed by atoms with Crippen LogP contribution in [0.4, 0.5) is 16.2 Å². The van der Waals surface area contributed by atoms with E-state index in [0.29, 0.717) is 25.2 Å². The maximum Gasteiger partial charge on any atom is 0.321 e. The number of rotatable bonds is 3. The summed E-state index contributed by atoms with van der Waals surface area (Å²) >= 11 is 0. The molecule has 2 aliphatic rings. The Morgan fingerprint density at radius 2 is 2.08 bits per heavy atom. The molecule has 0 saturated carbocycles. The number of anilines is 2. The highest BCUT2D eigenvalue weighted by atomic mass is 16.5. The van der Waals surface area contributed by atoms with Crippen LogP contribution in [0.2, 0.25) is 0 Å². The second kappa shape index (κ2) is 6.47. The number of amides is 3. The number of carbonyl (C=O) groups is 2. The van der Waals surface area contributed by atoms with Crippen molar-refractivity contribution in [2.45, 2.75) is 18.9 Å². The second-order valence-electron chi connectivity index (χ2n) is 6.20. The molecule has 1 unspecified atom stereocenters. The van der Waals surface area contributed by atoms with Gasteiger partial charge in [-0.2, -0.15) is 0 Å². The van der Waals surface area contributed by atoms with Gasteiger partial charge in [0.1, 0.15) is 5.75 Å². The first kappa shape index (κ1) is 15.5. The average molecular weight is 337 g/mol. The van der Waals surface area contributed by atoms with Gasteiger partial charge in [0.15, 0.2) is 6.10 Å². The maximum atomic E-state index is 12.5. The van der Waals surface area contributed by atoms with Crippen LogP contribution in [-0.4, -0.2) is 31.1 Å². The normalized spacial score (nSPS) is 19.0. The number of ether oxygens (including phenoxy) is 1. The van der Waals surface area contributed by atoms with E-state index in [-0.39, 0.29) is 11.9 Å². The van der Waals surface area contributed by atoms with Crippen LogP contribution in [0, 0.1) is 0 Å². The standard InChI is InChI=1S/C19H19N3O3/c23-18(17-11-13-5-1-2-8-16(13)25-17)21-14-6-3-7-15(12-14)22-10-4-9-20-19(22)24/h1-3,5-8,12,17H,4,9-11H2,(H,20,24)(H,21,23). The van der Waals surface area contributed by atoms with Crippen LogP contribution in [0.25, 0.3) is 0 Å². The fourth-order valence-corrected chi connectivity index (χ4v) is 3.18. The van der Waals surface area contributed by atoms with E-state index in [4.69, 9.17) is 4.74 Å². The number of para-hydroxylation sites is 1. The first-order valence-electron chi connectivity index (χ1n) is 8.41. The van der Waals surface area contributed by atoms with Crippen molar-refractivity contribution in [3.8, 4) is 5.75 Å². The van der Waals surface area contributed by atoms with Gasteiger partial charge in [-0.3, -0.25) is 9.69 Å². The number of nitrogens with zero attached hydrogens (tertiary/aromatic N) is 1. The van der Waals surface area contributed by atoms with Gasteiger partial charge in [-0.15, -0.1) is 0 Å². The molecule has 0 spiro atoms. The van der Waals surface area contributed by atoms with E-state index in [1.165, 1.54) is 0 Å². The Morgan fingerprint density at radius 1 is 1.20 bits per heavy atom. The minimum absolute atomic E-state index is 0.107. The van der Waals surface area contributed by atoms with E-state index in [2.05, 4.69) is 10.6 Å². The lowest BCUT2D eigenvalue weighted by atomic mass is 10.1. The molecule has 6 nitrogen and oxygen atoms in total. The zero-order valence-electron chi connectivity index (χ0n) is 13.7. The summed E-state index contributed by atoms with van der Waals surface area (Å²) in [7, 11) is 0. The minimum atomic E-state index is -0.528. The average Bonchev–Trinajstić information content (AvgIpc) is 3.07. The van der Waals surface area contributed by atoms with Crippen LogP contribution < -0.4 is 20.3 Å². The highest BCUT2D eigenvalue weighted by Gasteiger charge is 2.29. The van der Waals surface area contributed by atoms with Gasteiger partial charge in [0.25, 0.3) is 5.91 Å². The third-order valence-electron chi connectivity index (χ3n) is 4.44. The third kappa shape index (κ3) is 3.15. The fraction of sp³-hybridized carbons (Fsp3) is 0.263. The Kier molecular flexibility index (Phi) is 4.01. The Morgan fingerprint density at radius 3 is 2.92 bits per heavy atom. The first-order chi connectivity index (χ1) is 12.2. The third-order valence-corrected chi connectivity index (χ3v) is 4.44. The molecule has 2 N–H and O–H groups in total. The van der Waals surface area contributed by atoms with Crippen LogP contribution >= 0.6 is 0 Å². The number of hydrogen-bond acceptors (Lipinski definition) is 3. The Balaban J connectivity index is 1.45. The van der Waals surface area contributed by atoms with Crippen molar-refractivity contribution in [3.63, 3.8) is 0 Å². The Bertz CT molecular complexity index is 796. The molecule has 0 aromatic heterocycles. The van der Waals surface area contributed by atoms with E-state index in [1.54, 1.807) is 4.90 Å². The Labute approximate surface area is 145 Å². The lowest BCUT2D eigenvalue weighted by Crippen LogP contribution is -2.46.